The van der Waals surface area contributed by atoms with E-state index in [4.69, 9.17) is 14.2 Å². The van der Waals surface area contributed by atoms with Crippen LogP contribution < -0.4 is 0 Å². The Bertz CT molecular complexity index is 401. The average Bonchev–Trinajstić information content (AvgIpc) is 3.56. The average molecular weight is 383 g/mol. The maximum Gasteiger partial charge on any atom is 0.120 e. The Morgan fingerprint density at radius 3 is 1.30 bits per heavy atom. The van der Waals surface area contributed by atoms with Gasteiger partial charge in [-0.2, -0.15) is 0 Å². The molecular weight excluding hydrogens is 336 g/mol. The lowest BCUT2D eigenvalue weighted by Gasteiger charge is -2.46. The van der Waals surface area contributed by atoms with Gasteiger partial charge in [-0.1, -0.05) is 79.1 Å². The number of rotatable bonds is 16. The van der Waals surface area contributed by atoms with Gasteiger partial charge >= 0.3 is 0 Å². The van der Waals surface area contributed by atoms with Gasteiger partial charge in [0.1, 0.15) is 11.2 Å². The minimum Gasteiger partial charge on any atom is -0.366 e. The quantitative estimate of drug-likeness (QED) is 0.217. The number of ether oxygens (including phenoxy) is 3. The summed E-state index contributed by atoms with van der Waals surface area (Å²) in [6, 6.07) is 0. The molecule has 2 rings (SSSR count). The Hall–Kier alpha value is -0.120. The molecule has 0 N–H and O–H groups in total. The molecule has 0 aromatic heterocycles. The molecule has 160 valence electrons. The summed E-state index contributed by atoms with van der Waals surface area (Å²) in [5.41, 5.74) is -0.617. The Morgan fingerprint density at radius 2 is 1.04 bits per heavy atom. The van der Waals surface area contributed by atoms with Crippen molar-refractivity contribution in [2.24, 2.45) is 0 Å². The van der Waals surface area contributed by atoms with Gasteiger partial charge in [0.2, 0.25) is 0 Å². The molecule has 2 aliphatic rings. The highest BCUT2D eigenvalue weighted by atomic mass is 16.7. The summed E-state index contributed by atoms with van der Waals surface area (Å²) in [7, 11) is 0. The molecule has 4 unspecified atom stereocenters. The van der Waals surface area contributed by atoms with Crippen LogP contribution in [0.1, 0.15) is 119 Å². The molecule has 0 bridgehead atoms. The summed E-state index contributed by atoms with van der Waals surface area (Å²) in [6.07, 6.45) is 14.4. The first kappa shape index (κ1) is 23.2. The molecule has 4 atom stereocenters. The summed E-state index contributed by atoms with van der Waals surface area (Å²) >= 11 is 0. The molecule has 3 nitrogen and oxygen atoms in total. The monoisotopic (exact) mass is 382 g/mol. The largest absolute Gasteiger partial charge is 0.366 e. The van der Waals surface area contributed by atoms with Crippen molar-refractivity contribution in [2.45, 2.75) is 141 Å². The van der Waals surface area contributed by atoms with Crippen molar-refractivity contribution in [1.82, 2.24) is 0 Å². The van der Waals surface area contributed by atoms with E-state index in [-0.39, 0.29) is 22.4 Å². The van der Waals surface area contributed by atoms with Crippen LogP contribution in [0.4, 0.5) is 0 Å². The molecule has 0 radical (unpaired) electrons. The topological polar surface area (TPSA) is 34.3 Å². The van der Waals surface area contributed by atoms with E-state index in [1.54, 1.807) is 0 Å². The molecular formula is C24H46O3. The zero-order valence-corrected chi connectivity index (χ0v) is 19.1. The van der Waals surface area contributed by atoms with Crippen LogP contribution in [0, 0.1) is 0 Å². The first-order chi connectivity index (χ1) is 12.9. The van der Waals surface area contributed by atoms with Crippen LogP contribution in [0.3, 0.4) is 0 Å². The summed E-state index contributed by atoms with van der Waals surface area (Å²) in [5.74, 6) is 0. The van der Waals surface area contributed by atoms with Crippen LogP contribution >= 0.6 is 0 Å². The third kappa shape index (κ3) is 5.08. The first-order valence-corrected chi connectivity index (χ1v) is 11.8. The predicted molar refractivity (Wildman–Crippen MR) is 113 cm³/mol. The first-order valence-electron chi connectivity index (χ1n) is 11.8. The van der Waals surface area contributed by atoms with Gasteiger partial charge in [-0.15, -0.1) is 0 Å². The second-order valence-electron chi connectivity index (χ2n) is 9.46. The van der Waals surface area contributed by atoms with Crippen LogP contribution in [0.5, 0.6) is 0 Å². The van der Waals surface area contributed by atoms with Crippen LogP contribution in [0.25, 0.3) is 0 Å². The molecule has 0 aliphatic carbocycles. The number of hydrogen-bond donors (Lipinski definition) is 0. The fourth-order valence-corrected chi connectivity index (χ4v) is 4.96. The van der Waals surface area contributed by atoms with Gasteiger partial charge < -0.3 is 14.2 Å². The van der Waals surface area contributed by atoms with E-state index in [1.807, 2.05) is 0 Å². The van der Waals surface area contributed by atoms with Crippen LogP contribution in [-0.2, 0) is 14.2 Å². The highest BCUT2D eigenvalue weighted by Crippen LogP contribution is 2.54. The lowest BCUT2D eigenvalue weighted by Crippen LogP contribution is -2.56. The minimum atomic E-state index is -0.219. The molecule has 3 heteroatoms. The van der Waals surface area contributed by atoms with Gasteiger partial charge in [0.15, 0.2) is 0 Å². The third-order valence-electron chi connectivity index (χ3n) is 7.52. The van der Waals surface area contributed by atoms with E-state index >= 15 is 0 Å². The SMILES string of the molecule is CCCCCCC(C)(OC(C)(CCCCCC)C1(CC)CO1)C1(CC)CO1. The number of unbranched alkanes of at least 4 members (excludes halogenated alkanes) is 6. The molecule has 2 aliphatic heterocycles. The summed E-state index contributed by atoms with van der Waals surface area (Å²) in [4.78, 5) is 0. The van der Waals surface area contributed by atoms with Crippen molar-refractivity contribution in [3.63, 3.8) is 0 Å². The van der Waals surface area contributed by atoms with Crippen molar-refractivity contribution in [2.75, 3.05) is 13.2 Å². The van der Waals surface area contributed by atoms with E-state index in [0.29, 0.717) is 0 Å². The maximum absolute atomic E-state index is 7.17. The standard InChI is InChI=1S/C24H46O3/c1-7-11-13-15-17-21(5,23(9-3)19-25-23)27-22(6,18-16-14-12-8-2)24(10-4)20-26-24/h7-20H2,1-6H3. The predicted octanol–water partition coefficient (Wildman–Crippen LogP) is 6.82. The highest BCUT2D eigenvalue weighted by molar-refractivity contribution is 5.13. The van der Waals surface area contributed by atoms with Gasteiger partial charge in [0.05, 0.1) is 24.4 Å². The maximum atomic E-state index is 7.17. The molecule has 0 aromatic rings. The summed E-state index contributed by atoms with van der Waals surface area (Å²) < 4.78 is 19.3. The second kappa shape index (κ2) is 9.59. The normalized spacial score (nSPS) is 31.3. The molecule has 0 aromatic carbocycles. The molecule has 0 spiro atoms. The van der Waals surface area contributed by atoms with Crippen molar-refractivity contribution in [3.8, 4) is 0 Å². The lowest BCUT2D eigenvalue weighted by atomic mass is 9.78. The lowest BCUT2D eigenvalue weighted by molar-refractivity contribution is -0.207. The van der Waals surface area contributed by atoms with Gasteiger partial charge in [0.25, 0.3) is 0 Å². The summed E-state index contributed by atoms with van der Waals surface area (Å²) in [6.45, 7) is 15.4. The fourth-order valence-electron chi connectivity index (χ4n) is 4.96. The zero-order chi connectivity index (χ0) is 20.0. The molecule has 27 heavy (non-hydrogen) atoms. The van der Waals surface area contributed by atoms with Crippen LogP contribution in [0.15, 0.2) is 0 Å². The van der Waals surface area contributed by atoms with E-state index in [1.165, 1.54) is 51.4 Å². The van der Waals surface area contributed by atoms with Crippen molar-refractivity contribution < 1.29 is 14.2 Å². The van der Waals surface area contributed by atoms with Crippen LogP contribution in [-0.4, -0.2) is 35.6 Å². The zero-order valence-electron chi connectivity index (χ0n) is 19.1. The third-order valence-corrected chi connectivity index (χ3v) is 7.52. The Labute approximate surface area is 168 Å². The smallest absolute Gasteiger partial charge is 0.120 e. The van der Waals surface area contributed by atoms with Gasteiger partial charge in [-0.25, -0.2) is 0 Å². The van der Waals surface area contributed by atoms with Gasteiger partial charge in [-0.3, -0.25) is 0 Å². The number of epoxide rings is 2. The second-order valence-corrected chi connectivity index (χ2v) is 9.46. The van der Waals surface area contributed by atoms with Crippen LogP contribution in [0.2, 0.25) is 0 Å². The molecule has 0 saturated carbocycles. The molecule has 2 heterocycles. The van der Waals surface area contributed by atoms with Crippen molar-refractivity contribution in [1.29, 1.82) is 0 Å². The van der Waals surface area contributed by atoms with E-state index in [0.717, 1.165) is 38.9 Å². The van der Waals surface area contributed by atoms with Gasteiger partial charge in [-0.05, 0) is 39.5 Å². The van der Waals surface area contributed by atoms with Crippen molar-refractivity contribution >= 4 is 0 Å². The number of hydrogen-bond acceptors (Lipinski definition) is 3. The van der Waals surface area contributed by atoms with E-state index in [2.05, 4.69) is 41.5 Å². The van der Waals surface area contributed by atoms with E-state index < -0.39 is 0 Å². The molecule has 2 fully saturated rings. The minimum absolute atomic E-state index is 0.0896. The van der Waals surface area contributed by atoms with Crippen molar-refractivity contribution in [3.05, 3.63) is 0 Å². The fraction of sp³-hybridized carbons (Fsp3) is 1.00. The Kier molecular flexibility index (Phi) is 8.22. The Morgan fingerprint density at radius 1 is 0.667 bits per heavy atom. The Balaban J connectivity index is 2.14. The van der Waals surface area contributed by atoms with E-state index in [9.17, 15) is 0 Å². The highest BCUT2D eigenvalue weighted by Gasteiger charge is 2.65. The van der Waals surface area contributed by atoms with Gasteiger partial charge in [0, 0.05) is 0 Å². The molecule has 0 amide bonds. The molecule has 2 saturated heterocycles. The summed E-state index contributed by atoms with van der Waals surface area (Å²) in [5, 5.41) is 0.